The third kappa shape index (κ3) is 4.51. The quantitative estimate of drug-likeness (QED) is 0.655. The highest BCUT2D eigenvalue weighted by molar-refractivity contribution is 8.01. The van der Waals surface area contributed by atoms with Crippen molar-refractivity contribution < 1.29 is 14.7 Å². The largest absolute Gasteiger partial charge is 0.476 e. The molecule has 6 nitrogen and oxygen atoms in total. The van der Waals surface area contributed by atoms with E-state index in [1.807, 2.05) is 17.0 Å². The number of nitrogens with two attached hydrogens (primary N) is 1. The van der Waals surface area contributed by atoms with Crippen LogP contribution in [0, 0.1) is 0 Å². The number of aromatic carboxylic acids is 1. The number of aromatic nitrogens is 1. The topological polar surface area (TPSA) is 96.5 Å². The van der Waals surface area contributed by atoms with Crippen molar-refractivity contribution in [3.05, 3.63) is 46.5 Å². The van der Waals surface area contributed by atoms with Gasteiger partial charge in [0.25, 0.3) is 0 Å². The van der Waals surface area contributed by atoms with Gasteiger partial charge < -0.3 is 15.7 Å². The van der Waals surface area contributed by atoms with E-state index < -0.39 is 5.97 Å². The summed E-state index contributed by atoms with van der Waals surface area (Å²) in [5.74, 6) is -0.222. The second kappa shape index (κ2) is 8.86. The molecule has 2 heterocycles. The Morgan fingerprint density at radius 1 is 1.48 bits per heavy atom. The fourth-order valence-electron chi connectivity index (χ4n) is 3.46. The summed E-state index contributed by atoms with van der Waals surface area (Å²) in [6.45, 7) is 2.69. The van der Waals surface area contributed by atoms with Crippen molar-refractivity contribution in [2.24, 2.45) is 5.73 Å². The lowest BCUT2D eigenvalue weighted by molar-refractivity contribution is -0.128. The zero-order valence-electron chi connectivity index (χ0n) is 15.1. The van der Waals surface area contributed by atoms with Gasteiger partial charge in [0.05, 0.1) is 12.1 Å². The van der Waals surface area contributed by atoms with Gasteiger partial charge in [-0.3, -0.25) is 4.79 Å². The second-order valence-corrected chi connectivity index (χ2v) is 8.62. The molecule has 1 aliphatic rings. The van der Waals surface area contributed by atoms with Crippen molar-refractivity contribution in [1.29, 1.82) is 0 Å². The summed E-state index contributed by atoms with van der Waals surface area (Å²) in [5.41, 5.74) is 8.98. The molecule has 3 N–H and O–H groups in total. The molecule has 1 aromatic heterocycles. The van der Waals surface area contributed by atoms with Gasteiger partial charge >= 0.3 is 5.97 Å². The number of aryl methyl sites for hydroxylation is 1. The van der Waals surface area contributed by atoms with Crippen molar-refractivity contribution in [3.8, 4) is 0 Å². The maximum Gasteiger partial charge on any atom is 0.355 e. The van der Waals surface area contributed by atoms with E-state index in [9.17, 15) is 9.59 Å². The summed E-state index contributed by atoms with van der Waals surface area (Å²) >= 11 is 2.79. The van der Waals surface area contributed by atoms with Gasteiger partial charge in [0.15, 0.2) is 10.0 Å². The van der Waals surface area contributed by atoms with Crippen molar-refractivity contribution >= 4 is 35.0 Å². The molecule has 1 fully saturated rings. The van der Waals surface area contributed by atoms with E-state index in [0.29, 0.717) is 23.1 Å². The Bertz CT molecular complexity index is 824. The first-order valence-electron chi connectivity index (χ1n) is 8.95. The monoisotopic (exact) mass is 405 g/mol. The molecule has 1 amide bonds. The number of likely N-dealkylation sites (tertiary alicyclic amines) is 1. The molecule has 144 valence electrons. The minimum atomic E-state index is -1.02. The number of nitrogens with zero attached hydrogens (tertiary/aromatic N) is 2. The van der Waals surface area contributed by atoms with E-state index in [-0.39, 0.29) is 23.7 Å². The first kappa shape index (κ1) is 19.9. The number of carboxylic acids is 1. The molecule has 2 atom stereocenters. The fraction of sp³-hybridized carbons (Fsp3) is 0.421. The second-order valence-electron chi connectivity index (χ2n) is 6.42. The summed E-state index contributed by atoms with van der Waals surface area (Å²) in [5, 5.41) is 10.5. The van der Waals surface area contributed by atoms with Crippen LogP contribution in [0.2, 0.25) is 0 Å². The van der Waals surface area contributed by atoms with E-state index in [2.05, 4.69) is 24.0 Å². The number of thiazole rings is 1. The Balaban J connectivity index is 1.64. The van der Waals surface area contributed by atoms with E-state index in [0.717, 1.165) is 18.4 Å². The highest BCUT2D eigenvalue weighted by Gasteiger charge is 2.35. The van der Waals surface area contributed by atoms with Crippen LogP contribution in [0.4, 0.5) is 0 Å². The molecule has 0 saturated carbocycles. The number of carboxylic acid groups (broad SMARTS) is 1. The zero-order valence-corrected chi connectivity index (χ0v) is 16.8. The maximum atomic E-state index is 12.4. The van der Waals surface area contributed by atoms with Crippen molar-refractivity contribution in [2.75, 3.05) is 12.3 Å². The predicted octanol–water partition coefficient (Wildman–Crippen LogP) is 3.19. The Morgan fingerprint density at radius 2 is 2.26 bits per heavy atom. The van der Waals surface area contributed by atoms with Gasteiger partial charge in [0, 0.05) is 24.1 Å². The van der Waals surface area contributed by atoms with Crippen molar-refractivity contribution in [3.63, 3.8) is 0 Å². The van der Waals surface area contributed by atoms with Gasteiger partial charge in [0.2, 0.25) is 5.91 Å². The van der Waals surface area contributed by atoms with Crippen LogP contribution in [0.1, 0.15) is 47.4 Å². The third-order valence-corrected chi connectivity index (χ3v) is 6.85. The van der Waals surface area contributed by atoms with Crippen LogP contribution in [0.3, 0.4) is 0 Å². The number of hydrogen-bond donors (Lipinski definition) is 2. The Morgan fingerprint density at radius 3 is 2.96 bits per heavy atom. The summed E-state index contributed by atoms with van der Waals surface area (Å²) in [7, 11) is 0. The molecule has 0 aliphatic carbocycles. The van der Waals surface area contributed by atoms with Gasteiger partial charge in [-0.25, -0.2) is 9.78 Å². The smallest absolute Gasteiger partial charge is 0.355 e. The fourth-order valence-corrected chi connectivity index (χ4v) is 5.27. The van der Waals surface area contributed by atoms with Gasteiger partial charge in [-0.15, -0.1) is 11.3 Å². The molecule has 1 unspecified atom stereocenters. The average molecular weight is 406 g/mol. The van der Waals surface area contributed by atoms with E-state index >= 15 is 0 Å². The molecular formula is C19H23N3O3S2. The van der Waals surface area contributed by atoms with E-state index in [1.54, 1.807) is 0 Å². The van der Waals surface area contributed by atoms with Crippen LogP contribution in [0.25, 0.3) is 0 Å². The Hall–Kier alpha value is -1.90. The average Bonchev–Trinajstić information content (AvgIpc) is 3.29. The molecular weight excluding hydrogens is 382 g/mol. The molecule has 1 aromatic carbocycles. The number of carbonyl (C=O) groups is 2. The third-order valence-electron chi connectivity index (χ3n) is 4.84. The van der Waals surface area contributed by atoms with Gasteiger partial charge in [0.1, 0.15) is 0 Å². The summed E-state index contributed by atoms with van der Waals surface area (Å²) in [6.07, 6.45) is 2.21. The standard InChI is InChI=1S/C19H23N3O3S2/c1-2-12-5-3-4-6-13(12)17(20)15-7-8-16(23)22(15)9-10-26-19-21-14(11-27-19)18(24)25/h3-6,11,15,17H,2,7-10,20H2,1H3,(H,24,25)/t15-,17?/m1/s1. The van der Waals surface area contributed by atoms with Crippen LogP contribution in [0.15, 0.2) is 34.0 Å². The van der Waals surface area contributed by atoms with E-state index in [1.165, 1.54) is 34.0 Å². The molecule has 1 aliphatic heterocycles. The number of rotatable bonds is 8. The van der Waals surface area contributed by atoms with Crippen LogP contribution in [-0.2, 0) is 11.2 Å². The summed E-state index contributed by atoms with van der Waals surface area (Å²) in [6, 6.07) is 7.96. The number of thioether (sulfide) groups is 1. The highest BCUT2D eigenvalue weighted by atomic mass is 32.2. The lowest BCUT2D eigenvalue weighted by Crippen LogP contribution is -2.41. The molecule has 27 heavy (non-hydrogen) atoms. The van der Waals surface area contributed by atoms with Crippen molar-refractivity contribution in [1.82, 2.24) is 9.88 Å². The SMILES string of the molecule is CCc1ccccc1C(N)[C@H]1CCC(=O)N1CCSc1nc(C(=O)O)cs1. The molecule has 0 bridgehead atoms. The maximum absolute atomic E-state index is 12.4. The van der Waals surface area contributed by atoms with Crippen LogP contribution in [0.5, 0.6) is 0 Å². The highest BCUT2D eigenvalue weighted by Crippen LogP contribution is 2.31. The van der Waals surface area contributed by atoms with Gasteiger partial charge in [-0.05, 0) is 24.0 Å². The minimum absolute atomic E-state index is 0.00308. The number of amides is 1. The Kier molecular flexibility index (Phi) is 6.51. The molecule has 0 radical (unpaired) electrons. The number of benzene rings is 1. The van der Waals surface area contributed by atoms with Gasteiger partial charge in [-0.2, -0.15) is 0 Å². The minimum Gasteiger partial charge on any atom is -0.476 e. The van der Waals surface area contributed by atoms with Crippen LogP contribution < -0.4 is 5.73 Å². The summed E-state index contributed by atoms with van der Waals surface area (Å²) in [4.78, 5) is 29.3. The summed E-state index contributed by atoms with van der Waals surface area (Å²) < 4.78 is 0.705. The molecule has 0 spiro atoms. The molecule has 1 saturated heterocycles. The van der Waals surface area contributed by atoms with E-state index in [4.69, 9.17) is 10.8 Å². The van der Waals surface area contributed by atoms with Crippen LogP contribution >= 0.6 is 23.1 Å². The first-order valence-corrected chi connectivity index (χ1v) is 10.8. The first-order chi connectivity index (χ1) is 13.0. The number of carbonyl (C=O) groups excluding carboxylic acids is 1. The normalized spacial score (nSPS) is 18.1. The van der Waals surface area contributed by atoms with Crippen molar-refractivity contribution in [2.45, 2.75) is 42.6 Å². The number of hydrogen-bond acceptors (Lipinski definition) is 6. The zero-order chi connectivity index (χ0) is 19.4. The van der Waals surface area contributed by atoms with Gasteiger partial charge in [-0.1, -0.05) is 43.0 Å². The predicted molar refractivity (Wildman–Crippen MR) is 107 cm³/mol. The lowest BCUT2D eigenvalue weighted by Gasteiger charge is -2.30. The molecule has 2 aromatic rings. The lowest BCUT2D eigenvalue weighted by atomic mass is 9.93. The molecule has 3 rings (SSSR count). The Labute approximate surface area is 166 Å². The van der Waals surface area contributed by atoms with Crippen LogP contribution in [-0.4, -0.2) is 45.2 Å². The molecule has 8 heteroatoms.